The summed E-state index contributed by atoms with van der Waals surface area (Å²) in [7, 11) is 5.74. The van der Waals surface area contributed by atoms with E-state index in [1.807, 2.05) is 21.1 Å². The average molecular weight is 178 g/mol. The van der Waals surface area contributed by atoms with E-state index >= 15 is 0 Å². The number of aliphatic carboxylic acids is 1. The van der Waals surface area contributed by atoms with Gasteiger partial charge in [0.2, 0.25) is 0 Å². The summed E-state index contributed by atoms with van der Waals surface area (Å²) in [6, 6.07) is 0. The van der Waals surface area contributed by atoms with Crippen LogP contribution in [0.3, 0.4) is 0 Å². The van der Waals surface area contributed by atoms with Crippen LogP contribution in [0.4, 0.5) is 0 Å². The molecule has 0 aliphatic rings. The molecule has 0 aromatic rings. The highest BCUT2D eigenvalue weighted by atomic mass is 16.4. The number of nitrogens with zero attached hydrogens (tertiary/aromatic N) is 1. The Hall–Kier alpha value is -0.610. The summed E-state index contributed by atoms with van der Waals surface area (Å²) in [5.41, 5.74) is 0. The molecule has 0 bridgehead atoms. The Labute approximate surface area is 73.0 Å². The van der Waals surface area contributed by atoms with Gasteiger partial charge in [-0.15, -0.1) is 0 Å². The van der Waals surface area contributed by atoms with Gasteiger partial charge in [-0.25, -0.2) is 0 Å². The number of aliphatic hydroxyl groups excluding tert-OH is 1. The average Bonchev–Trinajstić information content (AvgIpc) is 1.82. The van der Waals surface area contributed by atoms with Crippen molar-refractivity contribution in [2.45, 2.75) is 13.0 Å². The summed E-state index contributed by atoms with van der Waals surface area (Å²) in [5.74, 6) is -1.64. The Morgan fingerprint density at radius 1 is 1.50 bits per heavy atom. The summed E-state index contributed by atoms with van der Waals surface area (Å²) < 4.78 is 0.568. The van der Waals surface area contributed by atoms with Gasteiger partial charge >= 0.3 is 5.97 Å². The summed E-state index contributed by atoms with van der Waals surface area (Å²) in [6.45, 7) is 1.97. The van der Waals surface area contributed by atoms with E-state index in [-0.39, 0.29) is 0 Å². The molecule has 0 aromatic heterocycles. The number of carboxylic acids is 1. The van der Waals surface area contributed by atoms with E-state index < -0.39 is 18.0 Å². The van der Waals surface area contributed by atoms with Crippen molar-refractivity contribution in [1.82, 2.24) is 0 Å². The van der Waals surface area contributed by atoms with Crippen molar-refractivity contribution in [2.24, 2.45) is 5.92 Å². The second-order valence-electron chi connectivity index (χ2n) is 4.17. The first-order valence-electron chi connectivity index (χ1n) is 3.95. The third-order valence-corrected chi connectivity index (χ3v) is 1.70. The maximum absolute atomic E-state index is 10.5. The molecule has 0 aliphatic heterocycles. The fraction of sp³-hybridized carbons (Fsp3) is 0.875. The molecular weight excluding hydrogens is 160 g/mol. The van der Waals surface area contributed by atoms with Crippen LogP contribution in [-0.2, 0) is 4.79 Å². The van der Waals surface area contributed by atoms with Crippen LogP contribution >= 0.6 is 0 Å². The van der Waals surface area contributed by atoms with Crippen molar-refractivity contribution < 1.29 is 19.5 Å². The molecule has 4 nitrogen and oxygen atoms in total. The first kappa shape index (κ1) is 11.4. The molecule has 0 saturated heterocycles. The van der Waals surface area contributed by atoms with Crippen LogP contribution in [0.5, 0.6) is 0 Å². The Kier molecular flexibility index (Phi) is 3.67. The van der Waals surface area contributed by atoms with Crippen molar-refractivity contribution in [2.75, 3.05) is 27.7 Å². The first-order valence-corrected chi connectivity index (χ1v) is 3.95. The van der Waals surface area contributed by atoms with Gasteiger partial charge in [-0.1, -0.05) is 0 Å². The van der Waals surface area contributed by atoms with Gasteiger partial charge in [-0.3, -0.25) is 4.79 Å². The number of quaternary nitrogens is 1. The predicted molar refractivity (Wildman–Crippen MR) is 45.7 cm³/mol. The fourth-order valence-corrected chi connectivity index (χ4v) is 0.884. The molecule has 72 valence electrons. The zero-order chi connectivity index (χ0) is 9.94. The molecule has 0 radical (unpaired) electrons. The number of carbonyl (C=O) groups is 1. The number of likely N-dealkylation sites (N-methyl/N-ethyl adjacent to an activating group) is 1. The van der Waals surface area contributed by atoms with Gasteiger partial charge in [0.05, 0.1) is 27.1 Å². The van der Waals surface area contributed by atoms with Crippen molar-refractivity contribution >= 4 is 5.97 Å². The van der Waals surface area contributed by atoms with Crippen molar-refractivity contribution in [3.05, 3.63) is 0 Å². The smallest absolute Gasteiger partial charge is 0.309 e. The van der Waals surface area contributed by atoms with Crippen LogP contribution in [-0.4, -0.2) is 54.5 Å². The molecule has 2 atom stereocenters. The second-order valence-corrected chi connectivity index (χ2v) is 4.17. The minimum Gasteiger partial charge on any atom is -0.481 e. The Morgan fingerprint density at radius 3 is 2.17 bits per heavy atom. The van der Waals surface area contributed by atoms with E-state index in [0.29, 0.717) is 11.0 Å². The molecule has 0 amide bonds. The highest BCUT2D eigenvalue weighted by Crippen LogP contribution is 2.06. The van der Waals surface area contributed by atoms with E-state index in [4.69, 9.17) is 5.11 Å². The van der Waals surface area contributed by atoms with Gasteiger partial charge < -0.3 is 14.7 Å². The number of aliphatic hydroxyl groups is 1. The van der Waals surface area contributed by atoms with Crippen molar-refractivity contribution in [3.63, 3.8) is 0 Å². The predicted octanol–water partition coefficient (Wildman–Crippen LogP) is -0.226. The van der Waals surface area contributed by atoms with Crippen molar-refractivity contribution in [1.29, 1.82) is 0 Å². The van der Waals surface area contributed by atoms with Gasteiger partial charge in [0.15, 0.2) is 0 Å². The zero-order valence-corrected chi connectivity index (χ0v) is 8.11. The second kappa shape index (κ2) is 3.87. The molecule has 0 saturated carbocycles. The van der Waals surface area contributed by atoms with Crippen LogP contribution in [0.25, 0.3) is 0 Å². The van der Waals surface area contributed by atoms with E-state index in [9.17, 15) is 9.90 Å². The molecule has 0 aromatic carbocycles. The van der Waals surface area contributed by atoms with Gasteiger partial charge in [0.1, 0.15) is 12.6 Å². The number of hydrogen-bond acceptors (Lipinski definition) is 2. The van der Waals surface area contributed by atoms with Crippen molar-refractivity contribution in [3.8, 4) is 0 Å². The Morgan fingerprint density at radius 2 is 1.92 bits per heavy atom. The van der Waals surface area contributed by atoms with Crippen LogP contribution in [0.1, 0.15) is 6.92 Å². The first-order chi connectivity index (χ1) is 5.24. The van der Waals surface area contributed by atoms with E-state index in [0.717, 1.165) is 0 Å². The molecule has 0 aliphatic carbocycles. The lowest BCUT2D eigenvalue weighted by molar-refractivity contribution is -0.873. The van der Waals surface area contributed by atoms with E-state index in [2.05, 4.69) is 0 Å². The number of rotatable bonds is 4. The van der Waals surface area contributed by atoms with Gasteiger partial charge in [0, 0.05) is 0 Å². The molecule has 4 heteroatoms. The fourth-order valence-electron chi connectivity index (χ4n) is 0.884. The lowest BCUT2D eigenvalue weighted by Crippen LogP contribution is -2.45. The van der Waals surface area contributed by atoms with Crippen LogP contribution in [0.2, 0.25) is 0 Å². The highest BCUT2D eigenvalue weighted by molar-refractivity contribution is 5.70. The zero-order valence-electron chi connectivity index (χ0n) is 8.11. The minimum atomic E-state index is -0.948. The molecule has 0 rings (SSSR count). The molecule has 0 spiro atoms. The lowest BCUT2D eigenvalue weighted by atomic mass is 10.1. The van der Waals surface area contributed by atoms with Crippen LogP contribution < -0.4 is 0 Å². The van der Waals surface area contributed by atoms with Crippen LogP contribution in [0.15, 0.2) is 0 Å². The summed E-state index contributed by atoms with van der Waals surface area (Å²) >= 11 is 0. The normalized spacial score (nSPS) is 17.1. The largest absolute Gasteiger partial charge is 0.481 e. The summed E-state index contributed by atoms with van der Waals surface area (Å²) in [4.78, 5) is 10.5. The topological polar surface area (TPSA) is 57.5 Å². The van der Waals surface area contributed by atoms with E-state index in [1.165, 1.54) is 6.92 Å². The molecule has 0 heterocycles. The summed E-state index contributed by atoms with van der Waals surface area (Å²) in [5, 5.41) is 18.0. The molecule has 12 heavy (non-hydrogen) atoms. The Balaban J connectivity index is 4.04. The lowest BCUT2D eigenvalue weighted by Gasteiger charge is -2.28. The monoisotopic (exact) mass is 178 g/mol. The SMILES string of the molecule is C[N+](C)(C)CC(O)C([14CH3])C(=O)O. The number of carboxylic acid groups (broad SMARTS) is 1. The Bertz CT molecular complexity index is 162. The quantitative estimate of drug-likeness (QED) is 0.585. The minimum absolute atomic E-state index is 0.452. The molecular formula is C8H18NO3+. The van der Waals surface area contributed by atoms with Gasteiger partial charge in [0.25, 0.3) is 0 Å². The number of hydrogen-bond donors (Lipinski definition) is 2. The van der Waals surface area contributed by atoms with Gasteiger partial charge in [-0.2, -0.15) is 0 Å². The van der Waals surface area contributed by atoms with E-state index in [1.54, 1.807) is 0 Å². The standard InChI is InChI=1S/C8H17NO3/c1-6(8(11)12)7(10)5-9(2,3)4/h6-7,10H,5H2,1-4H3/p+1/i1+2. The maximum atomic E-state index is 10.5. The molecule has 2 unspecified atom stereocenters. The third-order valence-electron chi connectivity index (χ3n) is 1.70. The molecule has 2 N–H and O–H groups in total. The highest BCUT2D eigenvalue weighted by Gasteiger charge is 2.26. The third kappa shape index (κ3) is 4.31. The molecule has 0 fully saturated rings. The van der Waals surface area contributed by atoms with Gasteiger partial charge in [-0.05, 0) is 6.92 Å². The maximum Gasteiger partial charge on any atom is 0.309 e. The summed E-state index contributed by atoms with van der Waals surface area (Å²) in [6.07, 6.45) is -0.775. The van der Waals surface area contributed by atoms with Crippen LogP contribution in [0, 0.1) is 5.92 Å².